The van der Waals surface area contributed by atoms with Crippen molar-refractivity contribution in [3.8, 4) is 17.1 Å². The van der Waals surface area contributed by atoms with E-state index in [9.17, 15) is 4.79 Å². The number of aromatic nitrogens is 2. The smallest absolute Gasteiger partial charge is 0.260 e. The lowest BCUT2D eigenvalue weighted by atomic mass is 10.2. The topological polar surface area (TPSA) is 68.1 Å². The number of ether oxygens (including phenoxy) is 1. The molecule has 0 bridgehead atoms. The minimum absolute atomic E-state index is 0.255. The highest BCUT2D eigenvalue weighted by atomic mass is 35.5. The summed E-state index contributed by atoms with van der Waals surface area (Å²) in [5.41, 5.74) is 1.32. The summed E-state index contributed by atoms with van der Waals surface area (Å²) in [6, 6.07) is 11.0. The van der Waals surface area contributed by atoms with Crippen LogP contribution in [-0.2, 0) is 0 Å². The number of benzene rings is 1. The first-order chi connectivity index (χ1) is 12.7. The quantitative estimate of drug-likeness (QED) is 0.538. The monoisotopic (exact) mass is 384 g/mol. The Labute approximate surface area is 157 Å². The first-order valence-electron chi connectivity index (χ1n) is 7.73. The van der Waals surface area contributed by atoms with Crippen molar-refractivity contribution >= 4 is 44.3 Å². The van der Waals surface area contributed by atoms with Crippen molar-refractivity contribution in [1.82, 2.24) is 9.97 Å². The van der Waals surface area contributed by atoms with Crippen LogP contribution in [-0.4, -0.2) is 17.1 Å². The van der Waals surface area contributed by atoms with Gasteiger partial charge in [0.05, 0.1) is 23.8 Å². The number of methoxy groups -OCH3 is 1. The zero-order valence-corrected chi connectivity index (χ0v) is 15.2. The number of H-pyrrole nitrogens is 1. The second kappa shape index (κ2) is 6.82. The summed E-state index contributed by atoms with van der Waals surface area (Å²) >= 11 is 7.76. The van der Waals surface area contributed by atoms with Crippen molar-refractivity contribution < 1.29 is 9.15 Å². The number of halogens is 1. The molecular weight excluding hydrogens is 372 g/mol. The Balaban J connectivity index is 1.78. The van der Waals surface area contributed by atoms with Crippen LogP contribution < -0.4 is 10.3 Å². The molecule has 0 unspecified atom stereocenters. The Morgan fingerprint density at radius 1 is 1.35 bits per heavy atom. The maximum absolute atomic E-state index is 12.6. The van der Waals surface area contributed by atoms with Gasteiger partial charge in [0.25, 0.3) is 5.56 Å². The van der Waals surface area contributed by atoms with Crippen LogP contribution in [0.3, 0.4) is 0 Å². The van der Waals surface area contributed by atoms with Gasteiger partial charge in [0.1, 0.15) is 16.3 Å². The first kappa shape index (κ1) is 16.6. The number of aromatic amines is 1. The Hall–Kier alpha value is -2.83. The molecule has 5 nitrogen and oxygen atoms in total. The van der Waals surface area contributed by atoms with Gasteiger partial charge < -0.3 is 14.1 Å². The zero-order valence-electron chi connectivity index (χ0n) is 13.7. The highest BCUT2D eigenvalue weighted by molar-refractivity contribution is 7.17. The molecule has 130 valence electrons. The van der Waals surface area contributed by atoms with Crippen LogP contribution in [0.4, 0.5) is 0 Å². The molecule has 0 aliphatic heterocycles. The van der Waals surface area contributed by atoms with Gasteiger partial charge in [-0.05, 0) is 35.9 Å². The van der Waals surface area contributed by atoms with Gasteiger partial charge in [-0.3, -0.25) is 4.79 Å². The van der Waals surface area contributed by atoms with E-state index in [1.54, 1.807) is 25.5 Å². The summed E-state index contributed by atoms with van der Waals surface area (Å²) in [5, 5.41) is 2.69. The van der Waals surface area contributed by atoms with Crippen LogP contribution in [0.1, 0.15) is 11.4 Å². The molecule has 0 atom stereocenters. The number of nitrogens with one attached hydrogen (secondary N) is 1. The van der Waals surface area contributed by atoms with Gasteiger partial charge in [-0.15, -0.1) is 11.3 Å². The second-order valence-electron chi connectivity index (χ2n) is 5.49. The van der Waals surface area contributed by atoms with Gasteiger partial charge in [-0.2, -0.15) is 0 Å². The van der Waals surface area contributed by atoms with Crippen LogP contribution in [0.5, 0.6) is 5.75 Å². The Bertz CT molecular complexity index is 1160. The van der Waals surface area contributed by atoms with E-state index in [2.05, 4.69) is 9.97 Å². The van der Waals surface area contributed by atoms with Gasteiger partial charge in [0, 0.05) is 10.9 Å². The number of nitrogens with zero attached hydrogens (tertiary/aromatic N) is 1. The van der Waals surface area contributed by atoms with E-state index in [0.29, 0.717) is 26.8 Å². The van der Waals surface area contributed by atoms with Gasteiger partial charge in [0.2, 0.25) is 0 Å². The van der Waals surface area contributed by atoms with Gasteiger partial charge >= 0.3 is 0 Å². The lowest BCUT2D eigenvalue weighted by Gasteiger charge is -2.03. The van der Waals surface area contributed by atoms with Crippen molar-refractivity contribution in [2.24, 2.45) is 0 Å². The lowest BCUT2D eigenvalue weighted by molar-refractivity contribution is 0.414. The maximum atomic E-state index is 12.6. The molecule has 0 radical (unpaired) electrons. The fourth-order valence-corrected chi connectivity index (χ4v) is 3.76. The fraction of sp³-hybridized carbons (Fsp3) is 0.0526. The highest BCUT2D eigenvalue weighted by Crippen LogP contribution is 2.32. The minimum atomic E-state index is -0.255. The average Bonchev–Trinajstić information content (AvgIpc) is 3.31. The average molecular weight is 385 g/mol. The number of furan rings is 1. The van der Waals surface area contributed by atoms with E-state index in [1.165, 1.54) is 11.3 Å². The number of hydrogen-bond donors (Lipinski definition) is 1. The molecule has 0 fully saturated rings. The fourth-order valence-electron chi connectivity index (χ4n) is 2.62. The summed E-state index contributed by atoms with van der Waals surface area (Å²) in [5.74, 6) is 1.68. The molecule has 1 N–H and O–H groups in total. The highest BCUT2D eigenvalue weighted by Gasteiger charge is 2.15. The molecule has 0 saturated carbocycles. The molecule has 0 amide bonds. The minimum Gasteiger partial charge on any atom is -0.497 e. The van der Waals surface area contributed by atoms with Crippen LogP contribution in [0.15, 0.2) is 57.3 Å². The molecule has 4 rings (SSSR count). The number of fused-ring (bicyclic) bond motifs is 1. The van der Waals surface area contributed by atoms with Crippen LogP contribution >= 0.6 is 22.9 Å². The summed E-state index contributed by atoms with van der Waals surface area (Å²) in [6.45, 7) is 0. The first-order valence-corrected chi connectivity index (χ1v) is 8.98. The Morgan fingerprint density at radius 2 is 2.23 bits per heavy atom. The van der Waals surface area contributed by atoms with E-state index in [0.717, 1.165) is 16.9 Å². The molecule has 3 heterocycles. The van der Waals surface area contributed by atoms with Gasteiger partial charge in [-0.1, -0.05) is 23.7 Å². The summed E-state index contributed by atoms with van der Waals surface area (Å²) in [4.78, 5) is 20.5. The zero-order chi connectivity index (χ0) is 18.1. The van der Waals surface area contributed by atoms with Crippen molar-refractivity contribution in [1.29, 1.82) is 0 Å². The summed E-state index contributed by atoms with van der Waals surface area (Å²) in [7, 11) is 1.60. The molecular formula is C19H13ClN2O3S. The third kappa shape index (κ3) is 3.05. The number of hydrogen-bond acceptors (Lipinski definition) is 5. The normalized spacial score (nSPS) is 11.8. The van der Waals surface area contributed by atoms with Crippen LogP contribution in [0, 0.1) is 0 Å². The summed E-state index contributed by atoms with van der Waals surface area (Å²) < 4.78 is 10.6. The van der Waals surface area contributed by atoms with Crippen molar-refractivity contribution in [3.05, 3.63) is 69.8 Å². The van der Waals surface area contributed by atoms with Crippen LogP contribution in [0.2, 0.25) is 0 Å². The molecule has 0 aliphatic carbocycles. The summed E-state index contributed by atoms with van der Waals surface area (Å²) in [6.07, 6.45) is 3.30. The van der Waals surface area contributed by atoms with E-state index in [4.69, 9.17) is 20.8 Å². The molecule has 4 aromatic rings. The molecule has 26 heavy (non-hydrogen) atoms. The molecule has 0 spiro atoms. The predicted molar refractivity (Wildman–Crippen MR) is 105 cm³/mol. The molecule has 3 aromatic heterocycles. The van der Waals surface area contributed by atoms with E-state index in [-0.39, 0.29) is 5.56 Å². The molecule has 1 aromatic carbocycles. The SMILES string of the molecule is COc1cccc(/C=C(\Cl)c2nc3scc(-c4ccco4)c3c(=O)[nH]2)c1. The third-order valence-corrected chi connectivity index (χ3v) is 5.00. The molecule has 0 saturated heterocycles. The largest absolute Gasteiger partial charge is 0.497 e. The molecule has 7 heteroatoms. The van der Waals surface area contributed by atoms with Gasteiger partial charge in [-0.25, -0.2) is 4.98 Å². The third-order valence-electron chi connectivity index (χ3n) is 3.84. The van der Waals surface area contributed by atoms with Gasteiger partial charge in [0.15, 0.2) is 5.82 Å². The molecule has 0 aliphatic rings. The van der Waals surface area contributed by atoms with E-state index in [1.807, 2.05) is 35.7 Å². The number of rotatable bonds is 4. The van der Waals surface area contributed by atoms with Crippen LogP contribution in [0.25, 0.3) is 32.6 Å². The standard InChI is InChI=1S/C19H13ClN2O3S/c1-24-12-5-2-4-11(8-12)9-14(20)17-21-18(23)16-13(10-26-19(16)22-17)15-6-3-7-25-15/h2-10H,1H3,(H,21,22,23)/b14-9-. The Morgan fingerprint density at radius 3 is 3.00 bits per heavy atom. The van der Waals surface area contributed by atoms with Crippen molar-refractivity contribution in [2.45, 2.75) is 0 Å². The van der Waals surface area contributed by atoms with Crippen molar-refractivity contribution in [2.75, 3.05) is 7.11 Å². The second-order valence-corrected chi connectivity index (χ2v) is 6.76. The lowest BCUT2D eigenvalue weighted by Crippen LogP contribution is -2.10. The number of thiophene rings is 1. The van der Waals surface area contributed by atoms with E-state index >= 15 is 0 Å². The van der Waals surface area contributed by atoms with E-state index < -0.39 is 0 Å². The van der Waals surface area contributed by atoms with Crippen molar-refractivity contribution in [3.63, 3.8) is 0 Å². The predicted octanol–water partition coefficient (Wildman–Crippen LogP) is 4.99. The Kier molecular flexibility index (Phi) is 4.36. The maximum Gasteiger partial charge on any atom is 0.260 e.